The maximum absolute atomic E-state index is 9.83. The molecule has 6 nitrogen and oxygen atoms in total. The van der Waals surface area contributed by atoms with Gasteiger partial charge in [-0.25, -0.2) is 0 Å². The highest BCUT2D eigenvalue weighted by Crippen LogP contribution is 2.41. The van der Waals surface area contributed by atoms with Crippen molar-refractivity contribution in [1.29, 1.82) is 0 Å². The van der Waals surface area contributed by atoms with Gasteiger partial charge in [-0.3, -0.25) is 0 Å². The van der Waals surface area contributed by atoms with Crippen LogP contribution in [0.1, 0.15) is 24.2 Å². The van der Waals surface area contributed by atoms with Gasteiger partial charge in [-0.05, 0) is 48.7 Å². The Hall–Kier alpha value is -2.86. The second kappa shape index (κ2) is 9.90. The lowest BCUT2D eigenvalue weighted by Crippen LogP contribution is -2.24. The first-order valence-electron chi connectivity index (χ1n) is 8.91. The van der Waals surface area contributed by atoms with E-state index in [4.69, 9.17) is 23.7 Å². The Labute approximate surface area is 166 Å². The van der Waals surface area contributed by atoms with Crippen LogP contribution in [0.5, 0.6) is 28.7 Å². The first kappa shape index (κ1) is 21.4. The predicted molar refractivity (Wildman–Crippen MR) is 108 cm³/mol. The normalized spacial score (nSPS) is 12.8. The van der Waals surface area contributed by atoms with Gasteiger partial charge < -0.3 is 28.8 Å². The third kappa shape index (κ3) is 4.70. The highest BCUT2D eigenvalue weighted by atomic mass is 16.6. The maximum Gasteiger partial charge on any atom is 0.203 e. The summed E-state index contributed by atoms with van der Waals surface area (Å²) in [5.41, 5.74) is 1.82. The average molecular weight is 388 g/mol. The molecule has 28 heavy (non-hydrogen) atoms. The van der Waals surface area contributed by atoms with Crippen molar-refractivity contribution in [3.63, 3.8) is 0 Å². The summed E-state index contributed by atoms with van der Waals surface area (Å²) in [6.07, 6.45) is 1.72. The molecule has 0 saturated heterocycles. The van der Waals surface area contributed by atoms with Crippen LogP contribution in [0.4, 0.5) is 0 Å². The maximum atomic E-state index is 9.83. The number of rotatable bonds is 10. The summed E-state index contributed by atoms with van der Waals surface area (Å²) in [6, 6.07) is 8.87. The molecule has 0 bridgehead atoms. The Kier molecular flexibility index (Phi) is 7.58. The van der Waals surface area contributed by atoms with E-state index in [0.717, 1.165) is 11.1 Å². The number of methoxy groups -OCH3 is 4. The fourth-order valence-electron chi connectivity index (χ4n) is 3.05. The van der Waals surface area contributed by atoms with Gasteiger partial charge in [0.15, 0.2) is 23.0 Å². The first-order valence-corrected chi connectivity index (χ1v) is 8.91. The third-order valence-corrected chi connectivity index (χ3v) is 4.42. The molecule has 6 heteroatoms. The smallest absolute Gasteiger partial charge is 0.203 e. The molecule has 1 N–H and O–H groups in total. The Morgan fingerprint density at radius 2 is 1.57 bits per heavy atom. The lowest BCUT2D eigenvalue weighted by Gasteiger charge is -2.26. The number of benzene rings is 2. The van der Waals surface area contributed by atoms with Crippen LogP contribution in [-0.2, 0) is 11.2 Å². The molecule has 2 aromatic carbocycles. The van der Waals surface area contributed by atoms with Crippen LogP contribution in [0.25, 0.3) is 0 Å². The molecular weight excluding hydrogens is 360 g/mol. The fraction of sp³-hybridized carbons (Fsp3) is 0.364. The predicted octanol–water partition coefficient (Wildman–Crippen LogP) is 4.30. The van der Waals surface area contributed by atoms with E-state index in [-0.39, 0.29) is 11.9 Å². The van der Waals surface area contributed by atoms with Crippen LogP contribution < -0.4 is 18.9 Å². The van der Waals surface area contributed by atoms with Gasteiger partial charge >= 0.3 is 0 Å². The van der Waals surface area contributed by atoms with Gasteiger partial charge in [-0.2, -0.15) is 0 Å². The molecule has 0 unspecified atom stereocenters. The number of allylic oxidation sites excluding steroid dienone is 1. The summed E-state index contributed by atoms with van der Waals surface area (Å²) in [6.45, 7) is 5.66. The Morgan fingerprint density at radius 1 is 0.964 bits per heavy atom. The molecule has 152 valence electrons. The van der Waals surface area contributed by atoms with Crippen LogP contribution in [0.15, 0.2) is 43.0 Å². The van der Waals surface area contributed by atoms with E-state index in [1.807, 2.05) is 25.1 Å². The molecule has 0 aliphatic carbocycles. The second-order valence-corrected chi connectivity index (χ2v) is 6.23. The zero-order valence-corrected chi connectivity index (χ0v) is 17.0. The Bertz CT molecular complexity index is 777. The summed E-state index contributed by atoms with van der Waals surface area (Å²) in [7, 11) is 6.28. The molecule has 0 amide bonds. The van der Waals surface area contributed by atoms with Crippen molar-refractivity contribution in [3.8, 4) is 28.7 Å². The van der Waals surface area contributed by atoms with Crippen molar-refractivity contribution in [2.75, 3.05) is 28.4 Å². The Morgan fingerprint density at radius 3 is 2.07 bits per heavy atom. The van der Waals surface area contributed by atoms with Crippen molar-refractivity contribution >= 4 is 0 Å². The van der Waals surface area contributed by atoms with Crippen molar-refractivity contribution in [1.82, 2.24) is 0 Å². The van der Waals surface area contributed by atoms with E-state index in [2.05, 4.69) is 6.58 Å². The largest absolute Gasteiger partial charge is 0.504 e. The summed E-state index contributed by atoms with van der Waals surface area (Å²) in [5.74, 6) is 2.08. The topological polar surface area (TPSA) is 66.4 Å². The number of hydrogen-bond donors (Lipinski definition) is 1. The minimum atomic E-state index is -0.406. The SMILES string of the molecule is C=CCc1cc(OC)c(O[C@H](C)[C@@H](OC)c2ccc(O)c(OC)c2)c(OC)c1. The van der Waals surface area contributed by atoms with Crippen LogP contribution in [-0.4, -0.2) is 39.6 Å². The molecule has 0 aliphatic rings. The van der Waals surface area contributed by atoms with Crippen molar-refractivity contribution < 1.29 is 28.8 Å². The molecular formula is C22H28O6. The highest BCUT2D eigenvalue weighted by Gasteiger charge is 2.25. The number of ether oxygens (including phenoxy) is 5. The average Bonchev–Trinajstić information content (AvgIpc) is 2.70. The molecule has 0 saturated carbocycles. The molecule has 2 aromatic rings. The molecule has 0 aliphatic heterocycles. The minimum absolute atomic E-state index is 0.0656. The quantitative estimate of drug-likeness (QED) is 0.612. The van der Waals surface area contributed by atoms with Gasteiger partial charge in [0.2, 0.25) is 5.75 Å². The number of hydrogen-bond acceptors (Lipinski definition) is 6. The van der Waals surface area contributed by atoms with Crippen LogP contribution in [0.2, 0.25) is 0 Å². The van der Waals surface area contributed by atoms with E-state index in [9.17, 15) is 5.11 Å². The van der Waals surface area contributed by atoms with Gasteiger partial charge in [0.05, 0.1) is 21.3 Å². The van der Waals surface area contributed by atoms with E-state index < -0.39 is 6.10 Å². The number of phenolic OH excluding ortho intramolecular Hbond substituents is 1. The van der Waals surface area contributed by atoms with Gasteiger partial charge in [0.25, 0.3) is 0 Å². The summed E-state index contributed by atoms with van der Waals surface area (Å²) in [5, 5.41) is 9.83. The molecule has 0 radical (unpaired) electrons. The summed E-state index contributed by atoms with van der Waals surface area (Å²) < 4.78 is 28.1. The van der Waals surface area contributed by atoms with Crippen molar-refractivity contribution in [2.45, 2.75) is 25.6 Å². The lowest BCUT2D eigenvalue weighted by atomic mass is 10.0. The van der Waals surface area contributed by atoms with Gasteiger partial charge in [0.1, 0.15) is 12.2 Å². The zero-order chi connectivity index (χ0) is 20.7. The van der Waals surface area contributed by atoms with Crippen LogP contribution in [0, 0.1) is 0 Å². The summed E-state index contributed by atoms with van der Waals surface area (Å²) >= 11 is 0. The number of aromatic hydroxyl groups is 1. The third-order valence-electron chi connectivity index (χ3n) is 4.42. The molecule has 0 aromatic heterocycles. The highest BCUT2D eigenvalue weighted by molar-refractivity contribution is 5.54. The fourth-order valence-corrected chi connectivity index (χ4v) is 3.05. The first-order chi connectivity index (χ1) is 13.5. The van der Waals surface area contributed by atoms with Crippen molar-refractivity contribution in [2.24, 2.45) is 0 Å². The van der Waals surface area contributed by atoms with Gasteiger partial charge in [0, 0.05) is 7.11 Å². The lowest BCUT2D eigenvalue weighted by molar-refractivity contribution is 0.00727. The molecule has 0 spiro atoms. The summed E-state index contributed by atoms with van der Waals surface area (Å²) in [4.78, 5) is 0. The van der Waals surface area contributed by atoms with Crippen LogP contribution in [0.3, 0.4) is 0 Å². The van der Waals surface area contributed by atoms with Gasteiger partial charge in [-0.1, -0.05) is 12.1 Å². The van der Waals surface area contributed by atoms with E-state index >= 15 is 0 Å². The zero-order valence-electron chi connectivity index (χ0n) is 17.0. The number of phenols is 1. The van der Waals surface area contributed by atoms with Crippen molar-refractivity contribution in [3.05, 3.63) is 54.1 Å². The second-order valence-electron chi connectivity index (χ2n) is 6.23. The van der Waals surface area contributed by atoms with E-state index in [0.29, 0.717) is 29.4 Å². The Balaban J connectivity index is 2.36. The minimum Gasteiger partial charge on any atom is -0.504 e. The molecule has 0 fully saturated rings. The van der Waals surface area contributed by atoms with Crippen LogP contribution >= 0.6 is 0 Å². The molecule has 2 rings (SSSR count). The molecule has 0 heterocycles. The standard InChI is InChI=1S/C22H28O6/c1-7-8-15-11-19(25-4)22(20(12-15)26-5)28-14(2)21(27-6)16-9-10-17(23)18(13-16)24-3/h7,9-14,21,23H,1,8H2,2-6H3/t14-,21-/m1/s1. The molecule has 2 atom stereocenters. The van der Waals surface area contributed by atoms with E-state index in [1.54, 1.807) is 39.5 Å². The van der Waals surface area contributed by atoms with Gasteiger partial charge in [-0.15, -0.1) is 6.58 Å². The van der Waals surface area contributed by atoms with E-state index in [1.165, 1.54) is 7.11 Å². The monoisotopic (exact) mass is 388 g/mol.